The molecule has 1 aromatic rings. The topological polar surface area (TPSA) is 47.1 Å². The van der Waals surface area contributed by atoms with Crippen LogP contribution in [0.15, 0.2) is 6.33 Å². The first-order valence-corrected chi connectivity index (χ1v) is 5.30. The Labute approximate surface area is 84.7 Å². The number of hydrogen-bond donors (Lipinski definition) is 1. The molecule has 0 aliphatic carbocycles. The summed E-state index contributed by atoms with van der Waals surface area (Å²) in [4.78, 5) is 6.85. The van der Waals surface area contributed by atoms with Gasteiger partial charge in [-0.15, -0.1) is 0 Å². The van der Waals surface area contributed by atoms with Gasteiger partial charge in [0, 0.05) is 26.1 Å². The third-order valence-corrected chi connectivity index (χ3v) is 2.89. The number of nitrogens with zero attached hydrogens (tertiary/aromatic N) is 3. The summed E-state index contributed by atoms with van der Waals surface area (Å²) in [6.07, 6.45) is 2.85. The van der Waals surface area contributed by atoms with Gasteiger partial charge in [0.1, 0.15) is 0 Å². The predicted molar refractivity (Wildman–Crippen MR) is 55.9 cm³/mol. The zero-order valence-corrected chi connectivity index (χ0v) is 8.74. The highest BCUT2D eigenvalue weighted by Gasteiger charge is 2.18. The summed E-state index contributed by atoms with van der Waals surface area (Å²) in [7, 11) is 0. The molecule has 0 saturated carbocycles. The Morgan fingerprint density at radius 3 is 3.07 bits per heavy atom. The van der Waals surface area contributed by atoms with Crippen molar-refractivity contribution in [3.63, 3.8) is 0 Å². The SMILES string of the molecule is CCN1CCn2cnc(CCN)c2C1. The molecule has 0 atom stereocenters. The van der Waals surface area contributed by atoms with Gasteiger partial charge in [0.2, 0.25) is 0 Å². The third kappa shape index (κ3) is 1.67. The first kappa shape index (κ1) is 9.68. The highest BCUT2D eigenvalue weighted by atomic mass is 15.2. The second-order valence-corrected chi connectivity index (χ2v) is 3.74. The monoisotopic (exact) mass is 194 g/mol. The molecule has 1 aromatic heterocycles. The Bertz CT molecular complexity index is 305. The van der Waals surface area contributed by atoms with Gasteiger partial charge in [-0.05, 0) is 13.1 Å². The van der Waals surface area contributed by atoms with Crippen LogP contribution in [-0.2, 0) is 19.5 Å². The fraction of sp³-hybridized carbons (Fsp3) is 0.700. The van der Waals surface area contributed by atoms with Crippen molar-refractivity contribution in [3.8, 4) is 0 Å². The molecule has 0 saturated heterocycles. The van der Waals surface area contributed by atoms with Crippen LogP contribution in [0.5, 0.6) is 0 Å². The lowest BCUT2D eigenvalue weighted by molar-refractivity contribution is 0.231. The smallest absolute Gasteiger partial charge is 0.0952 e. The average molecular weight is 194 g/mol. The molecule has 0 unspecified atom stereocenters. The molecule has 0 radical (unpaired) electrons. The summed E-state index contributed by atoms with van der Waals surface area (Å²) in [6.45, 7) is 7.26. The van der Waals surface area contributed by atoms with Crippen LogP contribution in [0, 0.1) is 0 Å². The van der Waals surface area contributed by atoms with Crippen LogP contribution in [0.25, 0.3) is 0 Å². The molecular weight excluding hydrogens is 176 g/mol. The van der Waals surface area contributed by atoms with Crippen molar-refractivity contribution in [2.45, 2.75) is 26.4 Å². The van der Waals surface area contributed by atoms with Gasteiger partial charge in [0.25, 0.3) is 0 Å². The number of hydrogen-bond acceptors (Lipinski definition) is 3. The lowest BCUT2D eigenvalue weighted by Gasteiger charge is -2.27. The number of likely N-dealkylation sites (N-methyl/N-ethyl adjacent to an activating group) is 1. The molecule has 78 valence electrons. The van der Waals surface area contributed by atoms with E-state index in [4.69, 9.17) is 5.73 Å². The molecule has 2 N–H and O–H groups in total. The van der Waals surface area contributed by atoms with Gasteiger partial charge >= 0.3 is 0 Å². The summed E-state index contributed by atoms with van der Waals surface area (Å²) in [5, 5.41) is 0. The molecule has 0 fully saturated rings. The number of rotatable bonds is 3. The zero-order valence-electron chi connectivity index (χ0n) is 8.74. The fourth-order valence-corrected chi connectivity index (χ4v) is 1.98. The molecule has 0 amide bonds. The Kier molecular flexibility index (Phi) is 2.84. The first-order valence-electron chi connectivity index (χ1n) is 5.30. The second-order valence-electron chi connectivity index (χ2n) is 3.74. The number of aromatic nitrogens is 2. The molecule has 1 aliphatic heterocycles. The molecule has 4 nitrogen and oxygen atoms in total. The number of imidazole rings is 1. The molecule has 4 heteroatoms. The second kappa shape index (κ2) is 4.11. The normalized spacial score (nSPS) is 17.0. The summed E-state index contributed by atoms with van der Waals surface area (Å²) in [5.74, 6) is 0. The maximum atomic E-state index is 5.56. The number of fused-ring (bicyclic) bond motifs is 1. The Morgan fingerprint density at radius 1 is 1.50 bits per heavy atom. The van der Waals surface area contributed by atoms with Crippen LogP contribution < -0.4 is 5.73 Å². The van der Waals surface area contributed by atoms with Crippen molar-refractivity contribution in [3.05, 3.63) is 17.7 Å². The average Bonchev–Trinajstić information content (AvgIpc) is 2.61. The van der Waals surface area contributed by atoms with Gasteiger partial charge < -0.3 is 10.3 Å². The Hall–Kier alpha value is -0.870. The van der Waals surface area contributed by atoms with Crippen LogP contribution in [-0.4, -0.2) is 34.1 Å². The van der Waals surface area contributed by atoms with Gasteiger partial charge in [0.05, 0.1) is 17.7 Å². The Morgan fingerprint density at radius 2 is 2.36 bits per heavy atom. The minimum atomic E-state index is 0.691. The maximum Gasteiger partial charge on any atom is 0.0952 e. The molecule has 0 bridgehead atoms. The molecular formula is C10H18N4. The van der Waals surface area contributed by atoms with Gasteiger partial charge in [-0.1, -0.05) is 6.92 Å². The largest absolute Gasteiger partial charge is 0.332 e. The van der Waals surface area contributed by atoms with Gasteiger partial charge in [0.15, 0.2) is 0 Å². The first-order chi connectivity index (χ1) is 6.85. The Balaban J connectivity index is 2.19. The fourth-order valence-electron chi connectivity index (χ4n) is 1.98. The summed E-state index contributed by atoms with van der Waals surface area (Å²) >= 11 is 0. The zero-order chi connectivity index (χ0) is 9.97. The highest BCUT2D eigenvalue weighted by molar-refractivity contribution is 5.15. The summed E-state index contributed by atoms with van der Waals surface area (Å²) in [6, 6.07) is 0. The highest BCUT2D eigenvalue weighted by Crippen LogP contribution is 2.15. The van der Waals surface area contributed by atoms with E-state index in [9.17, 15) is 0 Å². The molecule has 2 heterocycles. The van der Waals surface area contributed by atoms with Crippen LogP contribution in [0.3, 0.4) is 0 Å². The number of nitrogens with two attached hydrogens (primary N) is 1. The molecule has 0 spiro atoms. The maximum absolute atomic E-state index is 5.56. The van der Waals surface area contributed by atoms with Crippen LogP contribution in [0.2, 0.25) is 0 Å². The molecule has 14 heavy (non-hydrogen) atoms. The third-order valence-electron chi connectivity index (χ3n) is 2.89. The minimum Gasteiger partial charge on any atom is -0.332 e. The van der Waals surface area contributed by atoms with Crippen molar-refractivity contribution in [2.75, 3.05) is 19.6 Å². The van der Waals surface area contributed by atoms with E-state index in [1.165, 1.54) is 11.4 Å². The van der Waals surface area contributed by atoms with Crippen LogP contribution >= 0.6 is 0 Å². The van der Waals surface area contributed by atoms with E-state index in [1.54, 1.807) is 0 Å². The van der Waals surface area contributed by atoms with E-state index in [-0.39, 0.29) is 0 Å². The summed E-state index contributed by atoms with van der Waals surface area (Å²) in [5.41, 5.74) is 8.11. The predicted octanol–water partition coefficient (Wildman–Crippen LogP) is 0.220. The van der Waals surface area contributed by atoms with Crippen molar-refractivity contribution in [1.29, 1.82) is 0 Å². The lowest BCUT2D eigenvalue weighted by atomic mass is 10.2. The van der Waals surface area contributed by atoms with Crippen LogP contribution in [0.1, 0.15) is 18.3 Å². The molecule has 1 aliphatic rings. The van der Waals surface area contributed by atoms with Crippen molar-refractivity contribution in [2.24, 2.45) is 5.73 Å². The van der Waals surface area contributed by atoms with Gasteiger partial charge in [-0.3, -0.25) is 4.90 Å². The lowest BCUT2D eigenvalue weighted by Crippen LogP contribution is -2.33. The standard InChI is InChI=1S/C10H18N4/c1-2-13-5-6-14-8-12-9(3-4-11)10(14)7-13/h8H,2-7,11H2,1H3. The van der Waals surface area contributed by atoms with E-state index in [0.717, 1.165) is 32.6 Å². The van der Waals surface area contributed by atoms with E-state index >= 15 is 0 Å². The van der Waals surface area contributed by atoms with Crippen molar-refractivity contribution in [1.82, 2.24) is 14.5 Å². The molecule has 0 aromatic carbocycles. The summed E-state index contributed by atoms with van der Waals surface area (Å²) < 4.78 is 2.26. The van der Waals surface area contributed by atoms with E-state index in [0.29, 0.717) is 6.54 Å². The van der Waals surface area contributed by atoms with Crippen molar-refractivity contribution >= 4 is 0 Å². The quantitative estimate of drug-likeness (QED) is 0.748. The molecule has 2 rings (SSSR count). The van der Waals surface area contributed by atoms with Gasteiger partial charge in [-0.25, -0.2) is 4.98 Å². The van der Waals surface area contributed by atoms with E-state index in [2.05, 4.69) is 21.4 Å². The van der Waals surface area contributed by atoms with E-state index < -0.39 is 0 Å². The van der Waals surface area contributed by atoms with Crippen LogP contribution in [0.4, 0.5) is 0 Å². The minimum absolute atomic E-state index is 0.691. The van der Waals surface area contributed by atoms with Crippen molar-refractivity contribution < 1.29 is 0 Å². The van der Waals surface area contributed by atoms with E-state index in [1.807, 2.05) is 6.33 Å². The van der Waals surface area contributed by atoms with Gasteiger partial charge in [-0.2, -0.15) is 0 Å².